The first-order valence-corrected chi connectivity index (χ1v) is 9.17. The molecule has 2 rings (SSSR count). The molecule has 2 fully saturated rings. The van der Waals surface area contributed by atoms with E-state index in [1.807, 2.05) is 27.7 Å². The third kappa shape index (κ3) is 4.20. The monoisotopic (exact) mass is 324 g/mol. The van der Waals surface area contributed by atoms with E-state index in [4.69, 9.17) is 4.74 Å². The average molecular weight is 325 g/mol. The first kappa shape index (κ1) is 18.6. The van der Waals surface area contributed by atoms with Crippen molar-refractivity contribution in [3.05, 3.63) is 0 Å². The summed E-state index contributed by atoms with van der Waals surface area (Å²) in [4.78, 5) is 11.8. The highest BCUT2D eigenvalue weighted by molar-refractivity contribution is 5.67. The number of rotatable bonds is 5. The Labute approximate surface area is 142 Å². The van der Waals surface area contributed by atoms with Gasteiger partial charge in [0.05, 0.1) is 0 Å². The Balaban J connectivity index is 1.76. The number of carbonyl (C=O) groups excluding carboxylic acids is 1. The highest BCUT2D eigenvalue weighted by Crippen LogP contribution is 2.62. The van der Waals surface area contributed by atoms with Gasteiger partial charge in [0.15, 0.2) is 0 Å². The van der Waals surface area contributed by atoms with Crippen LogP contribution in [0.25, 0.3) is 0 Å². The van der Waals surface area contributed by atoms with Crippen molar-refractivity contribution in [2.75, 3.05) is 6.54 Å². The second-order valence-corrected chi connectivity index (χ2v) is 9.64. The van der Waals surface area contributed by atoms with E-state index in [2.05, 4.69) is 31.4 Å². The number of fused-ring (bicyclic) bond motifs is 2. The van der Waals surface area contributed by atoms with Crippen LogP contribution in [0, 0.1) is 16.7 Å². The van der Waals surface area contributed by atoms with Crippen LogP contribution >= 0.6 is 0 Å². The number of amides is 1. The van der Waals surface area contributed by atoms with Crippen molar-refractivity contribution in [2.24, 2.45) is 16.7 Å². The molecular formula is C19H36N2O2. The molecule has 2 saturated carbocycles. The SMILES string of the molecule is CC(CCNC1C(C)(C)[C@H]2CC[C@]1(C)C2)NC(=O)OC(C)(C)C. The number of ether oxygens (including phenoxy) is 1. The van der Waals surface area contributed by atoms with E-state index in [0.29, 0.717) is 16.9 Å². The summed E-state index contributed by atoms with van der Waals surface area (Å²) in [5, 5.41) is 6.73. The van der Waals surface area contributed by atoms with Gasteiger partial charge in [-0.1, -0.05) is 20.8 Å². The third-order valence-electron chi connectivity index (χ3n) is 5.96. The van der Waals surface area contributed by atoms with Crippen molar-refractivity contribution in [1.82, 2.24) is 10.6 Å². The topological polar surface area (TPSA) is 50.4 Å². The molecule has 0 aromatic carbocycles. The summed E-state index contributed by atoms with van der Waals surface area (Å²) in [5.74, 6) is 0.863. The van der Waals surface area contributed by atoms with Crippen LogP contribution in [0.2, 0.25) is 0 Å². The molecule has 1 amide bonds. The maximum Gasteiger partial charge on any atom is 0.407 e. The normalized spacial score (nSPS) is 33.5. The lowest BCUT2D eigenvalue weighted by Crippen LogP contribution is -2.51. The maximum atomic E-state index is 11.8. The summed E-state index contributed by atoms with van der Waals surface area (Å²) in [7, 11) is 0. The van der Waals surface area contributed by atoms with Crippen LogP contribution in [-0.4, -0.2) is 30.3 Å². The van der Waals surface area contributed by atoms with Gasteiger partial charge in [-0.25, -0.2) is 4.79 Å². The molecule has 0 radical (unpaired) electrons. The van der Waals surface area contributed by atoms with Crippen molar-refractivity contribution < 1.29 is 9.53 Å². The van der Waals surface area contributed by atoms with Crippen LogP contribution in [0.4, 0.5) is 4.79 Å². The first-order valence-electron chi connectivity index (χ1n) is 9.17. The molecule has 2 aliphatic rings. The molecule has 2 aliphatic carbocycles. The van der Waals surface area contributed by atoms with Crippen LogP contribution in [-0.2, 0) is 4.74 Å². The number of hydrogen-bond acceptors (Lipinski definition) is 3. The van der Waals surface area contributed by atoms with Gasteiger partial charge in [-0.2, -0.15) is 0 Å². The first-order chi connectivity index (χ1) is 10.4. The fraction of sp³-hybridized carbons (Fsp3) is 0.947. The zero-order valence-corrected chi connectivity index (χ0v) is 16.1. The number of carbonyl (C=O) groups is 1. The highest BCUT2D eigenvalue weighted by Gasteiger charge is 2.58. The van der Waals surface area contributed by atoms with E-state index < -0.39 is 5.60 Å². The summed E-state index contributed by atoms with van der Waals surface area (Å²) in [6, 6.07) is 0.703. The van der Waals surface area contributed by atoms with Crippen molar-refractivity contribution in [3.8, 4) is 0 Å². The Morgan fingerprint density at radius 2 is 1.96 bits per heavy atom. The molecule has 23 heavy (non-hydrogen) atoms. The van der Waals surface area contributed by atoms with Gasteiger partial charge in [-0.05, 0) is 76.7 Å². The minimum Gasteiger partial charge on any atom is -0.444 e. The van der Waals surface area contributed by atoms with Gasteiger partial charge >= 0.3 is 6.09 Å². The molecule has 0 saturated heterocycles. The van der Waals surface area contributed by atoms with Crippen molar-refractivity contribution in [2.45, 2.75) is 91.8 Å². The van der Waals surface area contributed by atoms with Gasteiger partial charge in [0, 0.05) is 12.1 Å². The van der Waals surface area contributed by atoms with Gasteiger partial charge in [-0.3, -0.25) is 0 Å². The second kappa shape index (κ2) is 6.27. The van der Waals surface area contributed by atoms with Crippen molar-refractivity contribution >= 4 is 6.09 Å². The van der Waals surface area contributed by atoms with Gasteiger partial charge in [0.1, 0.15) is 5.60 Å². The largest absolute Gasteiger partial charge is 0.444 e. The zero-order valence-electron chi connectivity index (χ0n) is 16.1. The smallest absolute Gasteiger partial charge is 0.407 e. The Kier molecular flexibility index (Phi) is 5.06. The van der Waals surface area contributed by atoms with Crippen LogP contribution in [0.5, 0.6) is 0 Å². The molecule has 0 aliphatic heterocycles. The van der Waals surface area contributed by atoms with Gasteiger partial charge < -0.3 is 15.4 Å². The lowest BCUT2D eigenvalue weighted by molar-refractivity contribution is 0.0504. The van der Waals surface area contributed by atoms with Gasteiger partial charge in [0.25, 0.3) is 0 Å². The average Bonchev–Trinajstić information content (AvgIpc) is 2.82. The quantitative estimate of drug-likeness (QED) is 0.800. The highest BCUT2D eigenvalue weighted by atomic mass is 16.6. The molecule has 2 bridgehead atoms. The minimum atomic E-state index is -0.441. The van der Waals surface area contributed by atoms with E-state index in [9.17, 15) is 4.79 Å². The van der Waals surface area contributed by atoms with Crippen LogP contribution in [0.3, 0.4) is 0 Å². The number of nitrogens with one attached hydrogen (secondary N) is 2. The lowest BCUT2D eigenvalue weighted by Gasteiger charge is -2.43. The summed E-state index contributed by atoms with van der Waals surface area (Å²) < 4.78 is 5.31. The zero-order chi connectivity index (χ0) is 17.5. The Hall–Kier alpha value is -0.770. The molecule has 4 heteroatoms. The number of hydrogen-bond donors (Lipinski definition) is 2. The summed E-state index contributed by atoms with van der Waals surface area (Å²) in [6.07, 6.45) is 4.70. The van der Waals surface area contributed by atoms with Crippen LogP contribution < -0.4 is 10.6 Å². The Bertz CT molecular complexity index is 436. The van der Waals surface area contributed by atoms with E-state index in [1.54, 1.807) is 0 Å². The molecule has 2 N–H and O–H groups in total. The Morgan fingerprint density at radius 3 is 2.48 bits per heavy atom. The van der Waals surface area contributed by atoms with E-state index in [-0.39, 0.29) is 12.1 Å². The summed E-state index contributed by atoms with van der Waals surface area (Å²) in [5.41, 5.74) is 0.397. The fourth-order valence-electron chi connectivity index (χ4n) is 4.84. The maximum absolute atomic E-state index is 11.8. The molecule has 2 unspecified atom stereocenters. The second-order valence-electron chi connectivity index (χ2n) is 9.64. The van der Waals surface area contributed by atoms with Crippen molar-refractivity contribution in [3.63, 3.8) is 0 Å². The predicted octanol–water partition coefficient (Wildman–Crippen LogP) is 4.09. The molecule has 0 spiro atoms. The molecule has 0 heterocycles. The van der Waals surface area contributed by atoms with E-state index in [1.165, 1.54) is 19.3 Å². The minimum absolute atomic E-state index is 0.117. The summed E-state index contributed by atoms with van der Waals surface area (Å²) in [6.45, 7) is 15.9. The summed E-state index contributed by atoms with van der Waals surface area (Å²) >= 11 is 0. The predicted molar refractivity (Wildman–Crippen MR) is 94.5 cm³/mol. The third-order valence-corrected chi connectivity index (χ3v) is 5.96. The van der Waals surface area contributed by atoms with Gasteiger partial charge in [0.2, 0.25) is 0 Å². The van der Waals surface area contributed by atoms with E-state index in [0.717, 1.165) is 18.9 Å². The standard InChI is InChI=1S/C19H36N2O2/c1-13(21-16(22)23-17(2,3)4)9-11-20-15-18(5,6)14-8-10-19(15,7)12-14/h13-15,20H,8-12H2,1-7H3,(H,21,22)/t13?,14-,15?,19+/m0/s1. The van der Waals surface area contributed by atoms with E-state index >= 15 is 0 Å². The fourth-order valence-corrected chi connectivity index (χ4v) is 4.84. The molecule has 0 aromatic rings. The molecule has 4 nitrogen and oxygen atoms in total. The molecule has 0 aromatic heterocycles. The van der Waals surface area contributed by atoms with Crippen molar-refractivity contribution in [1.29, 1.82) is 0 Å². The van der Waals surface area contributed by atoms with Gasteiger partial charge in [-0.15, -0.1) is 0 Å². The number of alkyl carbamates (subject to hydrolysis) is 1. The molecular weight excluding hydrogens is 288 g/mol. The Morgan fingerprint density at radius 1 is 1.30 bits per heavy atom. The molecule has 4 atom stereocenters. The van der Waals surface area contributed by atoms with Crippen LogP contribution in [0.15, 0.2) is 0 Å². The molecule has 134 valence electrons. The lowest BCUT2D eigenvalue weighted by atomic mass is 9.68. The van der Waals surface area contributed by atoms with Crippen LogP contribution in [0.1, 0.15) is 74.1 Å².